The number of fused-ring (bicyclic) bond motifs is 2. The number of methoxy groups -OCH3 is 1. The lowest BCUT2D eigenvalue weighted by Gasteiger charge is -2.36. The van der Waals surface area contributed by atoms with E-state index in [9.17, 15) is 0 Å². The topological polar surface area (TPSA) is 48.8 Å². The first-order valence-electron chi connectivity index (χ1n) is 7.82. The molecule has 0 fully saturated rings. The van der Waals surface area contributed by atoms with Crippen molar-refractivity contribution in [2.24, 2.45) is 0 Å². The fourth-order valence-corrected chi connectivity index (χ4v) is 3.61. The van der Waals surface area contributed by atoms with Gasteiger partial charge in [-0.15, -0.1) is 0 Å². The monoisotopic (exact) mass is 315 g/mol. The van der Waals surface area contributed by atoms with Gasteiger partial charge in [0.05, 0.1) is 12.8 Å². The third kappa shape index (κ3) is 2.09. The zero-order valence-electron chi connectivity index (χ0n) is 13.9. The van der Waals surface area contributed by atoms with Gasteiger partial charge >= 0.3 is 0 Å². The van der Waals surface area contributed by atoms with Crippen LogP contribution in [0.4, 0.5) is 0 Å². The van der Waals surface area contributed by atoms with E-state index in [1.165, 1.54) is 5.56 Å². The minimum absolute atomic E-state index is 0.00287. The maximum atomic E-state index is 5.73. The first-order chi connectivity index (χ1) is 11.1. The van der Waals surface area contributed by atoms with E-state index in [4.69, 9.17) is 19.3 Å². The third-order valence-electron chi connectivity index (χ3n) is 4.63. The van der Waals surface area contributed by atoms with Gasteiger partial charge < -0.3 is 14.2 Å². The summed E-state index contributed by atoms with van der Waals surface area (Å²) in [6.45, 7) is 5.31. The molecule has 1 atom stereocenters. The summed E-state index contributed by atoms with van der Waals surface area (Å²) in [6.07, 6.45) is 0.950. The summed E-state index contributed by atoms with van der Waals surface area (Å²) in [5.41, 5.74) is 4.51. The Morgan fingerprint density at radius 1 is 1.26 bits per heavy atom. The van der Waals surface area contributed by atoms with Crippen LogP contribution in [0.5, 0.6) is 17.2 Å². The van der Waals surface area contributed by atoms with Crippen molar-refractivity contribution >= 4 is 0 Å². The second-order valence-electron chi connectivity index (χ2n) is 6.19. The smallest absolute Gasteiger partial charge is 0.231 e. The Kier molecular flexibility index (Phi) is 3.23. The minimum Gasteiger partial charge on any atom is -0.492 e. The summed E-state index contributed by atoms with van der Waals surface area (Å²) < 4.78 is 19.0. The SMILES string of the molecule is COc1c2c(cc3c1[C@H](n1nc(C)cc1C)N(C)CC3)OCO2. The second-order valence-corrected chi connectivity index (χ2v) is 6.19. The lowest BCUT2D eigenvalue weighted by Crippen LogP contribution is -2.37. The Balaban J connectivity index is 1.95. The lowest BCUT2D eigenvalue weighted by molar-refractivity contribution is 0.168. The molecule has 6 heteroatoms. The van der Waals surface area contributed by atoms with Crippen LogP contribution in [0.1, 0.15) is 28.7 Å². The van der Waals surface area contributed by atoms with Gasteiger partial charge in [0, 0.05) is 17.8 Å². The van der Waals surface area contributed by atoms with Crippen LogP contribution >= 0.6 is 0 Å². The molecular formula is C17H21N3O3. The molecule has 23 heavy (non-hydrogen) atoms. The highest BCUT2D eigenvalue weighted by Gasteiger charge is 2.35. The number of ether oxygens (including phenoxy) is 3. The van der Waals surface area contributed by atoms with Gasteiger partial charge in [-0.25, -0.2) is 4.68 Å². The molecule has 1 aromatic carbocycles. The van der Waals surface area contributed by atoms with Crippen molar-refractivity contribution in [3.63, 3.8) is 0 Å². The van der Waals surface area contributed by atoms with Crippen molar-refractivity contribution in [3.8, 4) is 17.2 Å². The van der Waals surface area contributed by atoms with Crippen molar-refractivity contribution in [3.05, 3.63) is 34.6 Å². The van der Waals surface area contributed by atoms with Crippen LogP contribution < -0.4 is 14.2 Å². The molecule has 0 N–H and O–H groups in total. The molecule has 0 aliphatic carbocycles. The molecule has 2 aliphatic rings. The molecule has 0 amide bonds. The highest BCUT2D eigenvalue weighted by Crippen LogP contribution is 2.49. The summed E-state index contributed by atoms with van der Waals surface area (Å²) in [7, 11) is 3.80. The van der Waals surface area contributed by atoms with Gasteiger partial charge in [-0.3, -0.25) is 4.90 Å². The Morgan fingerprint density at radius 2 is 2.09 bits per heavy atom. The standard InChI is InChI=1S/C17H21N3O3/c1-10-7-11(2)20(18-10)17-14-12(5-6-19(17)3)8-13-15(16(14)21-4)23-9-22-13/h7-8,17H,5-6,9H2,1-4H3/t17-/m0/s1. The van der Waals surface area contributed by atoms with Crippen molar-refractivity contribution in [2.45, 2.75) is 26.4 Å². The summed E-state index contributed by atoms with van der Waals surface area (Å²) in [5, 5.41) is 4.70. The summed E-state index contributed by atoms with van der Waals surface area (Å²) in [6, 6.07) is 4.19. The average molecular weight is 315 g/mol. The molecule has 2 aromatic rings. The molecule has 1 aromatic heterocycles. The highest BCUT2D eigenvalue weighted by atomic mass is 16.7. The first-order valence-corrected chi connectivity index (χ1v) is 7.82. The number of nitrogens with zero attached hydrogens (tertiary/aromatic N) is 3. The Morgan fingerprint density at radius 3 is 2.78 bits per heavy atom. The number of benzene rings is 1. The van der Waals surface area contributed by atoms with E-state index in [2.05, 4.69) is 35.7 Å². The molecule has 0 saturated carbocycles. The number of aryl methyl sites for hydroxylation is 2. The molecule has 0 saturated heterocycles. The van der Waals surface area contributed by atoms with Crippen LogP contribution in [0.15, 0.2) is 12.1 Å². The van der Waals surface area contributed by atoms with Crippen LogP contribution in [0.25, 0.3) is 0 Å². The Hall–Kier alpha value is -2.21. The van der Waals surface area contributed by atoms with E-state index in [0.717, 1.165) is 41.4 Å². The van der Waals surface area contributed by atoms with E-state index in [1.807, 2.05) is 6.92 Å². The van der Waals surface area contributed by atoms with E-state index in [1.54, 1.807) is 7.11 Å². The van der Waals surface area contributed by atoms with Gasteiger partial charge in [-0.1, -0.05) is 0 Å². The van der Waals surface area contributed by atoms with Crippen LogP contribution in [-0.2, 0) is 6.42 Å². The van der Waals surface area contributed by atoms with Crippen LogP contribution in [0, 0.1) is 13.8 Å². The molecule has 2 aliphatic heterocycles. The van der Waals surface area contributed by atoms with E-state index in [-0.39, 0.29) is 13.0 Å². The largest absolute Gasteiger partial charge is 0.492 e. The zero-order valence-corrected chi connectivity index (χ0v) is 13.9. The van der Waals surface area contributed by atoms with Gasteiger partial charge in [0.2, 0.25) is 12.5 Å². The maximum absolute atomic E-state index is 5.73. The summed E-state index contributed by atoms with van der Waals surface area (Å²) in [4.78, 5) is 2.30. The van der Waals surface area contributed by atoms with Gasteiger partial charge in [0.25, 0.3) is 0 Å². The predicted molar refractivity (Wildman–Crippen MR) is 85.3 cm³/mol. The van der Waals surface area contributed by atoms with Crippen molar-refractivity contribution in [1.82, 2.24) is 14.7 Å². The fourth-order valence-electron chi connectivity index (χ4n) is 3.61. The quantitative estimate of drug-likeness (QED) is 0.851. The molecule has 0 spiro atoms. The molecule has 3 heterocycles. The molecule has 6 nitrogen and oxygen atoms in total. The van der Waals surface area contributed by atoms with Crippen LogP contribution in [0.3, 0.4) is 0 Å². The highest BCUT2D eigenvalue weighted by molar-refractivity contribution is 5.61. The molecule has 0 unspecified atom stereocenters. The Bertz CT molecular complexity index is 769. The number of hydrogen-bond donors (Lipinski definition) is 0. The van der Waals surface area contributed by atoms with Crippen molar-refractivity contribution < 1.29 is 14.2 Å². The number of rotatable bonds is 2. The third-order valence-corrected chi connectivity index (χ3v) is 4.63. The molecule has 122 valence electrons. The summed E-state index contributed by atoms with van der Waals surface area (Å²) in [5.74, 6) is 2.24. The predicted octanol–water partition coefficient (Wildman–Crippen LogP) is 2.27. The number of likely N-dealkylation sites (N-methyl/N-ethyl adjacent to an activating group) is 1. The second kappa shape index (κ2) is 5.16. The Labute approximate surface area is 135 Å². The lowest BCUT2D eigenvalue weighted by atomic mass is 9.95. The van der Waals surface area contributed by atoms with E-state index in [0.29, 0.717) is 5.75 Å². The summed E-state index contributed by atoms with van der Waals surface area (Å²) >= 11 is 0. The van der Waals surface area contributed by atoms with Crippen LogP contribution in [0.2, 0.25) is 0 Å². The zero-order chi connectivity index (χ0) is 16.1. The van der Waals surface area contributed by atoms with Gasteiger partial charge in [-0.05, 0) is 45.0 Å². The fraction of sp³-hybridized carbons (Fsp3) is 0.471. The van der Waals surface area contributed by atoms with E-state index < -0.39 is 0 Å². The van der Waals surface area contributed by atoms with Crippen molar-refractivity contribution in [2.75, 3.05) is 27.5 Å². The molecule has 4 rings (SSSR count). The van der Waals surface area contributed by atoms with Gasteiger partial charge in [0.15, 0.2) is 11.5 Å². The van der Waals surface area contributed by atoms with Gasteiger partial charge in [-0.2, -0.15) is 5.10 Å². The average Bonchev–Trinajstić information content (AvgIpc) is 3.11. The molecule has 0 bridgehead atoms. The van der Waals surface area contributed by atoms with E-state index >= 15 is 0 Å². The van der Waals surface area contributed by atoms with Gasteiger partial charge in [0.1, 0.15) is 6.17 Å². The number of hydrogen-bond acceptors (Lipinski definition) is 5. The molecular weight excluding hydrogens is 294 g/mol. The maximum Gasteiger partial charge on any atom is 0.231 e. The number of aromatic nitrogens is 2. The van der Waals surface area contributed by atoms with Crippen molar-refractivity contribution in [1.29, 1.82) is 0 Å². The normalized spacial score (nSPS) is 19.7. The minimum atomic E-state index is -0.00287. The first kappa shape index (κ1) is 14.4. The van der Waals surface area contributed by atoms with Crippen LogP contribution in [-0.4, -0.2) is 42.2 Å². The molecule has 0 radical (unpaired) electrons.